The summed E-state index contributed by atoms with van der Waals surface area (Å²) >= 11 is 0. The molecule has 236 valence electrons. The van der Waals surface area contributed by atoms with Crippen molar-refractivity contribution in [2.75, 3.05) is 6.54 Å². The minimum atomic E-state index is -1.39. The number of amides is 4. The molecule has 0 spiro atoms. The Bertz CT molecular complexity index is 1310. The van der Waals surface area contributed by atoms with Gasteiger partial charge in [0.05, 0.1) is 6.04 Å². The number of aliphatic imine (C=N–C) groups is 1. The topological polar surface area (TPSA) is 274 Å². The number of benzene rings is 1. The Balaban J connectivity index is 2.19. The Kier molecular flexibility index (Phi) is 13.4. The highest BCUT2D eigenvalue weighted by molar-refractivity contribution is 5.94. The van der Waals surface area contributed by atoms with Crippen LogP contribution in [0.2, 0.25) is 0 Å². The number of para-hydroxylation sites is 1. The van der Waals surface area contributed by atoms with E-state index in [1.807, 2.05) is 24.3 Å². The number of carboxylic acids is 1. The third-order valence-corrected chi connectivity index (χ3v) is 7.12. The third-order valence-electron chi connectivity index (χ3n) is 7.12. The first kappa shape index (κ1) is 34.5. The number of rotatable bonds is 18. The summed E-state index contributed by atoms with van der Waals surface area (Å²) in [6.07, 6.45) is 2.43. The predicted octanol–water partition coefficient (Wildman–Crippen LogP) is -1.06. The molecule has 0 aliphatic carbocycles. The first-order chi connectivity index (χ1) is 20.3. The molecule has 5 atom stereocenters. The lowest BCUT2D eigenvalue weighted by atomic mass is 9.96. The van der Waals surface area contributed by atoms with E-state index in [0.29, 0.717) is 12.8 Å². The monoisotopic (exact) mass is 601 g/mol. The van der Waals surface area contributed by atoms with Crippen molar-refractivity contribution in [3.05, 3.63) is 36.0 Å². The first-order valence-electron chi connectivity index (χ1n) is 14.1. The number of nitrogens with zero attached hydrogens (tertiary/aromatic N) is 1. The van der Waals surface area contributed by atoms with Gasteiger partial charge in [0.25, 0.3) is 0 Å². The minimum Gasteiger partial charge on any atom is -0.480 e. The van der Waals surface area contributed by atoms with Crippen molar-refractivity contribution in [1.29, 1.82) is 0 Å². The highest BCUT2D eigenvalue weighted by atomic mass is 16.4. The summed E-state index contributed by atoms with van der Waals surface area (Å²) in [7, 11) is 0. The molecule has 0 saturated carbocycles. The fourth-order valence-corrected chi connectivity index (χ4v) is 4.44. The summed E-state index contributed by atoms with van der Waals surface area (Å²) in [6.45, 7) is 3.71. The quantitative estimate of drug-likeness (QED) is 0.0571. The number of fused-ring (bicyclic) bond motifs is 1. The Labute approximate surface area is 249 Å². The van der Waals surface area contributed by atoms with Gasteiger partial charge in [-0.1, -0.05) is 38.5 Å². The lowest BCUT2D eigenvalue weighted by Gasteiger charge is -2.28. The summed E-state index contributed by atoms with van der Waals surface area (Å²) in [4.78, 5) is 69.6. The number of H-pyrrole nitrogens is 1. The van der Waals surface area contributed by atoms with Crippen molar-refractivity contribution in [3.8, 4) is 0 Å². The summed E-state index contributed by atoms with van der Waals surface area (Å²) in [5.74, 6) is -4.58. The molecule has 0 bridgehead atoms. The van der Waals surface area contributed by atoms with E-state index in [4.69, 9.17) is 22.9 Å². The summed E-state index contributed by atoms with van der Waals surface area (Å²) in [6, 6.07) is 2.98. The Morgan fingerprint density at radius 3 is 2.26 bits per heavy atom. The molecule has 2 aromatic rings. The van der Waals surface area contributed by atoms with Gasteiger partial charge in [-0.3, -0.25) is 24.2 Å². The van der Waals surface area contributed by atoms with Gasteiger partial charge >= 0.3 is 5.97 Å². The van der Waals surface area contributed by atoms with Gasteiger partial charge in [-0.05, 0) is 43.2 Å². The van der Waals surface area contributed by atoms with E-state index in [1.165, 1.54) is 0 Å². The molecule has 1 aromatic heterocycles. The Morgan fingerprint density at radius 2 is 1.63 bits per heavy atom. The number of hydrogen-bond acceptors (Lipinski definition) is 7. The third kappa shape index (κ3) is 10.9. The molecule has 0 aliphatic rings. The van der Waals surface area contributed by atoms with Crippen LogP contribution in [-0.2, 0) is 30.4 Å². The van der Waals surface area contributed by atoms with Crippen LogP contribution in [0, 0.1) is 5.92 Å². The number of primary amides is 1. The van der Waals surface area contributed by atoms with E-state index in [2.05, 4.69) is 25.9 Å². The number of carbonyl (C=O) groups excluding carboxylic acids is 4. The lowest BCUT2D eigenvalue weighted by molar-refractivity contribution is -0.143. The van der Waals surface area contributed by atoms with Gasteiger partial charge in [-0.15, -0.1) is 0 Å². The smallest absolute Gasteiger partial charge is 0.326 e. The Morgan fingerprint density at radius 1 is 0.953 bits per heavy atom. The molecule has 0 saturated heterocycles. The molecular weight excluding hydrogens is 558 g/mol. The van der Waals surface area contributed by atoms with Crippen molar-refractivity contribution in [2.24, 2.45) is 33.8 Å². The molecule has 15 heteroatoms. The maximum atomic E-state index is 13.5. The van der Waals surface area contributed by atoms with Crippen molar-refractivity contribution in [1.82, 2.24) is 20.9 Å². The molecule has 0 fully saturated rings. The van der Waals surface area contributed by atoms with Crippen LogP contribution < -0.4 is 38.9 Å². The minimum absolute atomic E-state index is 0.122. The van der Waals surface area contributed by atoms with E-state index < -0.39 is 59.7 Å². The molecule has 0 aliphatic heterocycles. The van der Waals surface area contributed by atoms with E-state index >= 15 is 0 Å². The molecule has 13 N–H and O–H groups in total. The van der Waals surface area contributed by atoms with Crippen LogP contribution >= 0.6 is 0 Å². The molecule has 15 nitrogen and oxygen atoms in total. The van der Waals surface area contributed by atoms with Gasteiger partial charge in [-0.25, -0.2) is 4.79 Å². The van der Waals surface area contributed by atoms with Crippen LogP contribution in [0.15, 0.2) is 35.5 Å². The van der Waals surface area contributed by atoms with Crippen molar-refractivity contribution in [3.63, 3.8) is 0 Å². The Hall–Kier alpha value is -4.66. The molecular formula is C28H43N9O6. The number of aromatic amines is 1. The highest BCUT2D eigenvalue weighted by Crippen LogP contribution is 2.19. The highest BCUT2D eigenvalue weighted by Gasteiger charge is 2.33. The zero-order chi connectivity index (χ0) is 32.1. The average molecular weight is 602 g/mol. The number of nitrogens with two attached hydrogens (primary N) is 4. The van der Waals surface area contributed by atoms with Gasteiger partial charge in [0.1, 0.15) is 18.1 Å². The second-order valence-electron chi connectivity index (χ2n) is 10.5. The van der Waals surface area contributed by atoms with Gasteiger partial charge < -0.3 is 49.0 Å². The lowest BCUT2D eigenvalue weighted by Crippen LogP contribution is -2.58. The normalized spacial score (nSPS) is 14.5. The van der Waals surface area contributed by atoms with E-state index in [0.717, 1.165) is 16.5 Å². The van der Waals surface area contributed by atoms with Crippen LogP contribution in [0.5, 0.6) is 0 Å². The van der Waals surface area contributed by atoms with E-state index in [-0.39, 0.29) is 38.2 Å². The fraction of sp³-hybridized carbons (Fsp3) is 0.500. The van der Waals surface area contributed by atoms with E-state index in [9.17, 15) is 29.1 Å². The number of nitrogens with one attached hydrogen (secondary N) is 4. The maximum absolute atomic E-state index is 13.5. The number of hydrogen-bond donors (Lipinski definition) is 9. The van der Waals surface area contributed by atoms with Gasteiger partial charge in [0, 0.05) is 30.1 Å². The zero-order valence-electron chi connectivity index (χ0n) is 24.5. The molecule has 2 rings (SSSR count). The van der Waals surface area contributed by atoms with Crippen LogP contribution in [-0.4, -0.2) is 76.4 Å². The van der Waals surface area contributed by atoms with Crippen LogP contribution in [0.1, 0.15) is 51.5 Å². The van der Waals surface area contributed by atoms with Gasteiger partial charge in [0.15, 0.2) is 5.96 Å². The maximum Gasteiger partial charge on any atom is 0.326 e. The summed E-state index contributed by atoms with van der Waals surface area (Å²) in [5.41, 5.74) is 23.9. The number of carbonyl (C=O) groups is 5. The average Bonchev–Trinajstić information content (AvgIpc) is 3.36. The number of aliphatic carboxylic acids is 1. The molecule has 0 radical (unpaired) electrons. The summed E-state index contributed by atoms with van der Waals surface area (Å²) < 4.78 is 0. The molecule has 43 heavy (non-hydrogen) atoms. The molecule has 4 amide bonds. The first-order valence-corrected chi connectivity index (χ1v) is 14.1. The van der Waals surface area contributed by atoms with Gasteiger partial charge in [-0.2, -0.15) is 0 Å². The second kappa shape index (κ2) is 16.7. The molecule has 1 aromatic carbocycles. The van der Waals surface area contributed by atoms with Crippen LogP contribution in [0.25, 0.3) is 10.9 Å². The second-order valence-corrected chi connectivity index (χ2v) is 10.5. The van der Waals surface area contributed by atoms with Crippen molar-refractivity contribution >= 4 is 46.5 Å². The SMILES string of the molecule is CCC(C)C(NC(=O)C(CCCN=C(N)N)NC(=O)C(N)Cc1c[nH]c2ccccc12)C(=O)NC(CCC(N)=O)C(=O)O. The number of aromatic nitrogens is 1. The number of guanidine groups is 1. The molecule has 1 heterocycles. The standard InChI is InChI=1S/C28H43N9O6/c1-3-15(2)23(26(41)36-21(27(42)43)10-11-22(30)38)37-25(40)20(9-6-12-33-28(31)32)35-24(39)18(29)13-16-14-34-19-8-5-4-7-17(16)19/h4-5,7-8,14-15,18,20-21,23,34H,3,6,9-13,29H2,1-2H3,(H2,30,38)(H,35,39)(H,36,41)(H,37,40)(H,42,43)(H4,31,32,33). The van der Waals surface area contributed by atoms with Crippen molar-refractivity contribution in [2.45, 2.75) is 76.5 Å². The van der Waals surface area contributed by atoms with E-state index in [1.54, 1.807) is 20.0 Å². The largest absolute Gasteiger partial charge is 0.480 e. The summed E-state index contributed by atoms with van der Waals surface area (Å²) in [5, 5.41) is 18.1. The van der Waals surface area contributed by atoms with Crippen LogP contribution in [0.3, 0.4) is 0 Å². The zero-order valence-corrected chi connectivity index (χ0v) is 24.5. The number of carboxylic acid groups (broad SMARTS) is 1. The predicted molar refractivity (Wildman–Crippen MR) is 161 cm³/mol. The van der Waals surface area contributed by atoms with Crippen LogP contribution in [0.4, 0.5) is 0 Å². The fourth-order valence-electron chi connectivity index (χ4n) is 4.44. The van der Waals surface area contributed by atoms with Gasteiger partial charge in [0.2, 0.25) is 23.6 Å². The molecule has 5 unspecified atom stereocenters. The van der Waals surface area contributed by atoms with Crippen molar-refractivity contribution < 1.29 is 29.1 Å².